The Morgan fingerprint density at radius 2 is 0.775 bits per heavy atom. The van der Waals surface area contributed by atoms with Gasteiger partial charge < -0.3 is 52.3 Å². The summed E-state index contributed by atoms with van der Waals surface area (Å²) in [6, 6.07) is 0.783. The SMILES string of the molecule is CC(=O)O.CC(=O)O.CC(=O)O.CC(=O)O.CC(=O)O.CC(=O)O.NCCNCCNCCNC1CCCCC1. The summed E-state index contributed by atoms with van der Waals surface area (Å²) in [5, 5.41) is 54.8. The third-order valence-electron chi connectivity index (χ3n) is 3.14. The van der Waals surface area contributed by atoms with Crippen molar-refractivity contribution in [3.05, 3.63) is 0 Å². The molecule has 16 heteroatoms. The zero-order valence-corrected chi connectivity index (χ0v) is 24.6. The molecule has 0 saturated heterocycles. The molecule has 16 nitrogen and oxygen atoms in total. The van der Waals surface area contributed by atoms with Gasteiger partial charge in [-0.3, -0.25) is 28.8 Å². The molecule has 1 aliphatic carbocycles. The maximum atomic E-state index is 9.00. The van der Waals surface area contributed by atoms with E-state index in [1.807, 2.05) is 0 Å². The highest BCUT2D eigenvalue weighted by atomic mass is 16.4. The Kier molecular flexibility index (Phi) is 53.0. The highest BCUT2D eigenvalue weighted by Crippen LogP contribution is 2.16. The van der Waals surface area contributed by atoms with Gasteiger partial charge in [-0.2, -0.15) is 0 Å². The number of rotatable bonds is 9. The second-order valence-electron chi connectivity index (χ2n) is 7.69. The summed E-state index contributed by atoms with van der Waals surface area (Å²) in [5.74, 6) is -5.00. The fourth-order valence-corrected chi connectivity index (χ4v) is 2.20. The van der Waals surface area contributed by atoms with Crippen LogP contribution in [0, 0.1) is 0 Å². The van der Waals surface area contributed by atoms with Crippen molar-refractivity contribution >= 4 is 35.8 Å². The van der Waals surface area contributed by atoms with Crippen LogP contribution in [-0.4, -0.2) is 112 Å². The van der Waals surface area contributed by atoms with Crippen LogP contribution in [0.15, 0.2) is 0 Å². The van der Waals surface area contributed by atoms with Crippen molar-refractivity contribution in [2.45, 2.75) is 79.7 Å². The summed E-state index contributed by atoms with van der Waals surface area (Å²) in [4.78, 5) is 54.0. The number of hydrogen-bond acceptors (Lipinski definition) is 10. The largest absolute Gasteiger partial charge is 0.481 e. The van der Waals surface area contributed by atoms with Crippen molar-refractivity contribution < 1.29 is 59.4 Å². The van der Waals surface area contributed by atoms with E-state index >= 15 is 0 Å². The van der Waals surface area contributed by atoms with E-state index in [0.29, 0.717) is 0 Å². The van der Waals surface area contributed by atoms with Crippen LogP contribution in [0.3, 0.4) is 0 Å². The van der Waals surface area contributed by atoms with E-state index in [1.54, 1.807) is 0 Å². The fourth-order valence-electron chi connectivity index (χ4n) is 2.20. The second kappa shape index (κ2) is 42.7. The smallest absolute Gasteiger partial charge is 0.300 e. The van der Waals surface area contributed by atoms with Gasteiger partial charge in [0.2, 0.25) is 0 Å². The van der Waals surface area contributed by atoms with Gasteiger partial charge in [0, 0.05) is 86.9 Å². The van der Waals surface area contributed by atoms with E-state index in [9.17, 15) is 0 Å². The third kappa shape index (κ3) is 183. The number of hydrogen-bond donors (Lipinski definition) is 10. The predicted octanol–water partition coefficient (Wildman–Crippen LogP) is 0.592. The Morgan fingerprint density at radius 1 is 0.525 bits per heavy atom. The number of carboxylic acid groups (broad SMARTS) is 6. The maximum absolute atomic E-state index is 9.00. The molecule has 1 rings (SSSR count). The van der Waals surface area contributed by atoms with Crippen LogP contribution in [-0.2, 0) is 28.8 Å². The predicted molar refractivity (Wildman–Crippen MR) is 150 cm³/mol. The summed E-state index contributed by atoms with van der Waals surface area (Å²) in [6.45, 7) is 12.4. The summed E-state index contributed by atoms with van der Waals surface area (Å²) >= 11 is 0. The molecule has 0 spiro atoms. The van der Waals surface area contributed by atoms with Gasteiger partial charge in [-0.25, -0.2) is 0 Å². The molecule has 0 radical (unpaired) electrons. The lowest BCUT2D eigenvalue weighted by Crippen LogP contribution is -2.38. The minimum atomic E-state index is -0.833. The Morgan fingerprint density at radius 3 is 1.05 bits per heavy atom. The number of aliphatic carboxylic acids is 6. The molecule has 0 unspecified atom stereocenters. The molecule has 0 aromatic rings. The highest BCUT2D eigenvalue weighted by molar-refractivity contribution is 5.64. The Hall–Kier alpha value is -3.34. The summed E-state index contributed by atoms with van der Waals surface area (Å²) in [7, 11) is 0. The van der Waals surface area contributed by atoms with Gasteiger partial charge >= 0.3 is 0 Å². The summed E-state index contributed by atoms with van der Waals surface area (Å²) < 4.78 is 0. The van der Waals surface area contributed by atoms with Crippen LogP contribution < -0.4 is 21.7 Å². The van der Waals surface area contributed by atoms with Gasteiger partial charge in [0.1, 0.15) is 0 Å². The van der Waals surface area contributed by atoms with Crippen LogP contribution in [0.25, 0.3) is 0 Å². The Balaban J connectivity index is -0.0000000992. The average Bonchev–Trinajstić information content (AvgIpc) is 2.74. The lowest BCUT2D eigenvalue weighted by molar-refractivity contribution is -0.135. The number of nitrogens with two attached hydrogens (primary N) is 1. The van der Waals surface area contributed by atoms with Crippen molar-refractivity contribution in [3.63, 3.8) is 0 Å². The van der Waals surface area contributed by atoms with Crippen molar-refractivity contribution in [1.82, 2.24) is 16.0 Å². The number of carboxylic acids is 6. The molecular formula is C24H52N4O12. The lowest BCUT2D eigenvalue weighted by atomic mass is 9.95. The van der Waals surface area contributed by atoms with Gasteiger partial charge in [0.05, 0.1) is 0 Å². The molecule has 40 heavy (non-hydrogen) atoms. The third-order valence-corrected chi connectivity index (χ3v) is 3.14. The van der Waals surface area contributed by atoms with E-state index in [-0.39, 0.29) is 0 Å². The zero-order chi connectivity index (χ0) is 32.9. The molecule has 0 aliphatic heterocycles. The van der Waals surface area contributed by atoms with Crippen molar-refractivity contribution in [2.24, 2.45) is 5.73 Å². The monoisotopic (exact) mass is 588 g/mol. The topological polar surface area (TPSA) is 286 Å². The fraction of sp³-hybridized carbons (Fsp3) is 0.750. The normalized spacial score (nSPS) is 10.9. The summed E-state index contributed by atoms with van der Waals surface area (Å²) in [5.41, 5.74) is 5.38. The van der Waals surface area contributed by atoms with Gasteiger partial charge in [-0.1, -0.05) is 19.3 Å². The highest BCUT2D eigenvalue weighted by Gasteiger charge is 2.11. The van der Waals surface area contributed by atoms with E-state index in [2.05, 4.69) is 16.0 Å². The summed E-state index contributed by atoms with van der Waals surface area (Å²) in [6.07, 6.45) is 7.00. The molecule has 1 saturated carbocycles. The standard InChI is InChI=1S/C12H28N4.6C2H4O2/c13-6-7-14-8-9-15-10-11-16-12-4-2-1-3-5-12;6*1-2(3)4/h12,14-16H,1-11,13H2;6*1H3,(H,3,4). The Bertz CT molecular complexity index is 512. The van der Waals surface area contributed by atoms with Crippen molar-refractivity contribution in [3.8, 4) is 0 Å². The molecule has 0 bridgehead atoms. The van der Waals surface area contributed by atoms with Gasteiger partial charge in [-0.15, -0.1) is 0 Å². The van der Waals surface area contributed by atoms with Crippen LogP contribution in [0.1, 0.15) is 73.6 Å². The molecular weight excluding hydrogens is 536 g/mol. The molecule has 1 aliphatic rings. The van der Waals surface area contributed by atoms with Crippen LogP contribution in [0.5, 0.6) is 0 Å². The molecule has 0 heterocycles. The molecule has 0 amide bonds. The van der Waals surface area contributed by atoms with Crippen LogP contribution in [0.4, 0.5) is 0 Å². The first-order valence-electron chi connectivity index (χ1n) is 12.3. The zero-order valence-electron chi connectivity index (χ0n) is 24.6. The molecule has 1 fully saturated rings. The van der Waals surface area contributed by atoms with Gasteiger partial charge in [0.25, 0.3) is 35.8 Å². The molecule has 11 N–H and O–H groups in total. The second-order valence-corrected chi connectivity index (χ2v) is 7.69. The van der Waals surface area contributed by atoms with Crippen LogP contribution in [0.2, 0.25) is 0 Å². The molecule has 0 atom stereocenters. The van der Waals surface area contributed by atoms with E-state index < -0.39 is 35.8 Å². The first-order valence-corrected chi connectivity index (χ1v) is 12.3. The van der Waals surface area contributed by atoms with E-state index in [1.165, 1.54) is 32.1 Å². The number of nitrogens with one attached hydrogen (secondary N) is 3. The molecule has 0 aromatic carbocycles. The van der Waals surface area contributed by atoms with Crippen molar-refractivity contribution in [1.29, 1.82) is 0 Å². The minimum absolute atomic E-state index is 0.725. The maximum Gasteiger partial charge on any atom is 0.300 e. The lowest BCUT2D eigenvalue weighted by Gasteiger charge is -2.22. The Labute approximate surface area is 236 Å². The van der Waals surface area contributed by atoms with E-state index in [0.717, 1.165) is 86.9 Å². The first-order chi connectivity index (χ1) is 18.3. The minimum Gasteiger partial charge on any atom is -0.481 e. The van der Waals surface area contributed by atoms with E-state index in [4.69, 9.17) is 65.1 Å². The van der Waals surface area contributed by atoms with Crippen LogP contribution >= 0.6 is 0 Å². The quantitative estimate of drug-likeness (QED) is 0.165. The average molecular weight is 589 g/mol. The van der Waals surface area contributed by atoms with Crippen molar-refractivity contribution in [2.75, 3.05) is 39.3 Å². The van der Waals surface area contributed by atoms with Gasteiger partial charge in [-0.05, 0) is 12.8 Å². The molecule has 240 valence electrons. The number of carbonyl (C=O) groups is 6. The molecule has 0 aromatic heterocycles. The van der Waals surface area contributed by atoms with Gasteiger partial charge in [0.15, 0.2) is 0 Å². The first kappa shape index (κ1) is 49.6.